The topological polar surface area (TPSA) is 43.0 Å². The normalized spacial score (nSPS) is 15.1. The van der Waals surface area contributed by atoms with Crippen LogP contribution in [-0.4, -0.2) is 10.7 Å². The van der Waals surface area contributed by atoms with Gasteiger partial charge in [0.2, 0.25) is 0 Å². The number of aromatic nitrogens is 1. The number of nitrogens with zero attached hydrogens (tertiary/aromatic N) is 1. The zero-order valence-corrected chi connectivity index (χ0v) is 24.9. The molecule has 206 valence electrons. The average molecular weight is 590 g/mol. The molecule has 3 aromatic heterocycles. The molecule has 43 heavy (non-hydrogen) atoms. The minimum Gasteiger partial charge on any atom is -0.399 e. The van der Waals surface area contributed by atoms with E-state index >= 15 is 0 Å². The Morgan fingerprint density at radius 1 is 0.744 bits per heavy atom. The Labute approximate surface area is 256 Å². The van der Waals surface area contributed by atoms with Crippen molar-refractivity contribution >= 4 is 90.5 Å². The van der Waals surface area contributed by atoms with Gasteiger partial charge in [-0.25, -0.2) is 0 Å². The van der Waals surface area contributed by atoms with Crippen molar-refractivity contribution in [2.75, 3.05) is 5.43 Å². The smallest absolute Gasteiger partial charge is 0.0813 e. The first-order valence-corrected chi connectivity index (χ1v) is 16.2. The fourth-order valence-electron chi connectivity index (χ4n) is 6.69. The van der Waals surface area contributed by atoms with E-state index in [-0.39, 0.29) is 6.04 Å². The molecule has 0 spiro atoms. The number of fused-ring (bicyclic) bond motifs is 10. The Hall–Kier alpha value is -4.84. The molecule has 1 aliphatic rings. The summed E-state index contributed by atoms with van der Waals surface area (Å²) in [5, 5.41) is 7.58. The van der Waals surface area contributed by atoms with Gasteiger partial charge in [-0.05, 0) is 47.9 Å². The molecule has 0 saturated heterocycles. The van der Waals surface area contributed by atoms with Gasteiger partial charge < -0.3 is 11.2 Å². The Morgan fingerprint density at radius 3 is 2.21 bits per heavy atom. The van der Waals surface area contributed by atoms with Crippen LogP contribution >= 0.6 is 22.7 Å². The summed E-state index contributed by atoms with van der Waals surface area (Å²) >= 11 is 3.73. The van der Waals surface area contributed by atoms with E-state index in [9.17, 15) is 0 Å². The Balaban J connectivity index is 1.28. The minimum absolute atomic E-state index is 0.196. The molecule has 3 nitrogen and oxygen atoms in total. The highest BCUT2D eigenvalue weighted by atomic mass is 32.1. The molecule has 0 saturated carbocycles. The van der Waals surface area contributed by atoms with Gasteiger partial charge in [0.15, 0.2) is 0 Å². The molecule has 1 unspecified atom stereocenters. The highest BCUT2D eigenvalue weighted by Gasteiger charge is 2.22. The zero-order chi connectivity index (χ0) is 28.7. The van der Waals surface area contributed by atoms with Gasteiger partial charge in [0, 0.05) is 62.4 Å². The van der Waals surface area contributed by atoms with Crippen LogP contribution in [-0.2, 0) is 0 Å². The zero-order valence-electron chi connectivity index (χ0n) is 23.3. The average Bonchev–Trinajstić information content (AvgIpc) is 3.70. The van der Waals surface area contributed by atoms with Crippen molar-refractivity contribution in [3.63, 3.8) is 0 Å². The molecule has 8 aromatic rings. The largest absolute Gasteiger partial charge is 0.399 e. The van der Waals surface area contributed by atoms with Crippen molar-refractivity contribution < 1.29 is 0 Å². The number of hydrogen-bond donors (Lipinski definition) is 2. The summed E-state index contributed by atoms with van der Waals surface area (Å²) in [4.78, 5) is 0. The number of nitrogens with one attached hydrogen (secondary N) is 1. The molecular formula is C38H27N3S2. The summed E-state index contributed by atoms with van der Waals surface area (Å²) in [6, 6.07) is 33.5. The lowest BCUT2D eigenvalue weighted by molar-refractivity contribution is 0.768. The molecule has 9 rings (SSSR count). The Morgan fingerprint density at radius 2 is 1.44 bits per heavy atom. The molecule has 1 atom stereocenters. The Kier molecular flexibility index (Phi) is 5.37. The molecule has 5 aromatic carbocycles. The maximum absolute atomic E-state index is 6.52. The summed E-state index contributed by atoms with van der Waals surface area (Å²) in [7, 11) is 0. The molecular weight excluding hydrogens is 563 g/mol. The number of hydrogen-bond acceptors (Lipinski definition) is 4. The van der Waals surface area contributed by atoms with E-state index < -0.39 is 0 Å². The summed E-state index contributed by atoms with van der Waals surface area (Å²) in [5.74, 6) is 0. The number of thiophene rings is 2. The monoisotopic (exact) mass is 589 g/mol. The number of para-hydroxylation sites is 1. The van der Waals surface area contributed by atoms with Crippen molar-refractivity contribution in [1.82, 2.24) is 4.68 Å². The van der Waals surface area contributed by atoms with Crippen LogP contribution < -0.4 is 11.2 Å². The fraction of sp³-hybridized carbons (Fsp3) is 0.0526. The first kappa shape index (κ1) is 24.7. The lowest BCUT2D eigenvalue weighted by atomic mass is 10.00. The molecule has 5 heteroatoms. The highest BCUT2D eigenvalue weighted by Crippen LogP contribution is 2.46. The van der Waals surface area contributed by atoms with Crippen molar-refractivity contribution in [3.05, 3.63) is 127 Å². The molecule has 1 aliphatic carbocycles. The number of benzene rings is 5. The van der Waals surface area contributed by atoms with E-state index in [1.807, 2.05) is 22.7 Å². The predicted octanol–water partition coefficient (Wildman–Crippen LogP) is 10.6. The molecule has 0 radical (unpaired) electrons. The third-order valence-corrected chi connectivity index (χ3v) is 11.0. The molecule has 0 aliphatic heterocycles. The van der Waals surface area contributed by atoms with Gasteiger partial charge in [-0.2, -0.15) is 0 Å². The second kappa shape index (κ2) is 9.33. The van der Waals surface area contributed by atoms with E-state index in [0.717, 1.165) is 23.0 Å². The van der Waals surface area contributed by atoms with Gasteiger partial charge in [-0.15, -0.1) is 22.7 Å². The van der Waals surface area contributed by atoms with Crippen molar-refractivity contribution in [2.24, 2.45) is 5.73 Å². The maximum Gasteiger partial charge on any atom is 0.0813 e. The third-order valence-electron chi connectivity index (χ3n) is 8.71. The van der Waals surface area contributed by atoms with E-state index in [1.165, 1.54) is 62.2 Å². The van der Waals surface area contributed by atoms with E-state index in [1.54, 1.807) is 0 Å². The lowest BCUT2D eigenvalue weighted by Gasteiger charge is -2.20. The third kappa shape index (κ3) is 3.72. The van der Waals surface area contributed by atoms with Gasteiger partial charge in [-0.1, -0.05) is 91.5 Å². The van der Waals surface area contributed by atoms with Crippen LogP contribution in [0.2, 0.25) is 0 Å². The summed E-state index contributed by atoms with van der Waals surface area (Å²) < 4.78 is 7.45. The SMILES string of the molecule is C=C(N)c1cc2c3ccc(-c4ccc5c(c4)sc4ccccc45)cc3sc2c2c3ccccc3n(NC3C=CC=CC3)c12. The summed E-state index contributed by atoms with van der Waals surface area (Å²) in [6.45, 7) is 4.22. The van der Waals surface area contributed by atoms with Gasteiger partial charge >= 0.3 is 0 Å². The standard InChI is InChI=1S/C38H27N3S2/c1-22(39)30-21-31-28-18-16-24(23-15-17-27-26-11-6-8-14-33(26)42-34(27)19-23)20-35(28)43-38(31)36-29-12-5-7-13-32(29)41(37(30)36)40-25-9-3-2-4-10-25/h2-9,11-21,25,40H,1,10,39H2. The minimum atomic E-state index is 0.196. The highest BCUT2D eigenvalue weighted by molar-refractivity contribution is 7.27. The van der Waals surface area contributed by atoms with Crippen LogP contribution in [0.15, 0.2) is 122 Å². The van der Waals surface area contributed by atoms with Crippen LogP contribution in [0, 0.1) is 0 Å². The van der Waals surface area contributed by atoms with Crippen molar-refractivity contribution in [1.29, 1.82) is 0 Å². The number of nitrogens with two attached hydrogens (primary N) is 1. The second-order valence-corrected chi connectivity index (χ2v) is 13.4. The molecule has 3 N–H and O–H groups in total. The molecule has 0 amide bonds. The van der Waals surface area contributed by atoms with Crippen LogP contribution in [0.5, 0.6) is 0 Å². The number of allylic oxidation sites excluding steroid dienone is 2. The predicted molar refractivity (Wildman–Crippen MR) is 190 cm³/mol. The van der Waals surface area contributed by atoms with Crippen LogP contribution in [0.1, 0.15) is 12.0 Å². The van der Waals surface area contributed by atoms with E-state index in [0.29, 0.717) is 5.70 Å². The van der Waals surface area contributed by atoms with Crippen LogP contribution in [0.25, 0.3) is 79.0 Å². The maximum atomic E-state index is 6.52. The fourth-order valence-corrected chi connectivity index (χ4v) is 9.12. The molecule has 0 fully saturated rings. The summed E-state index contributed by atoms with van der Waals surface area (Å²) in [6.07, 6.45) is 9.57. The quantitative estimate of drug-likeness (QED) is 0.214. The van der Waals surface area contributed by atoms with E-state index in [4.69, 9.17) is 5.73 Å². The van der Waals surface area contributed by atoms with Crippen molar-refractivity contribution in [3.8, 4) is 11.1 Å². The number of rotatable bonds is 4. The van der Waals surface area contributed by atoms with Gasteiger partial charge in [0.1, 0.15) is 0 Å². The molecule has 3 heterocycles. The van der Waals surface area contributed by atoms with E-state index in [2.05, 4.69) is 132 Å². The van der Waals surface area contributed by atoms with Crippen molar-refractivity contribution in [2.45, 2.75) is 12.5 Å². The first-order valence-electron chi connectivity index (χ1n) is 14.5. The first-order chi connectivity index (χ1) is 21.1. The van der Waals surface area contributed by atoms with Gasteiger partial charge in [0.25, 0.3) is 0 Å². The lowest BCUT2D eigenvalue weighted by Crippen LogP contribution is -2.26. The van der Waals surface area contributed by atoms with Crippen LogP contribution in [0.4, 0.5) is 0 Å². The molecule has 0 bridgehead atoms. The van der Waals surface area contributed by atoms with Crippen LogP contribution in [0.3, 0.4) is 0 Å². The second-order valence-electron chi connectivity index (χ2n) is 11.3. The summed E-state index contributed by atoms with van der Waals surface area (Å²) in [5.41, 5.74) is 16.6. The van der Waals surface area contributed by atoms with Gasteiger partial charge in [-0.3, -0.25) is 4.68 Å². The van der Waals surface area contributed by atoms with Gasteiger partial charge in [0.05, 0.1) is 17.1 Å². The Bertz CT molecular complexity index is 2500.